The maximum absolute atomic E-state index is 12.1. The van der Waals surface area contributed by atoms with E-state index in [1.54, 1.807) is 26.2 Å². The lowest BCUT2D eigenvalue weighted by atomic mass is 10.2. The fourth-order valence-corrected chi connectivity index (χ4v) is 3.04. The molecule has 0 aromatic heterocycles. The van der Waals surface area contributed by atoms with Crippen LogP contribution in [0.4, 0.5) is 0 Å². The van der Waals surface area contributed by atoms with Crippen molar-refractivity contribution in [3.63, 3.8) is 0 Å². The van der Waals surface area contributed by atoms with Crippen LogP contribution in [-0.4, -0.2) is 38.2 Å². The molecule has 3 rings (SSSR count). The number of hydrazone groups is 1. The minimum absolute atomic E-state index is 0.0745. The first-order chi connectivity index (χ1) is 14.5. The van der Waals surface area contributed by atoms with Gasteiger partial charge in [-0.3, -0.25) is 4.79 Å². The molecule has 1 aliphatic rings. The van der Waals surface area contributed by atoms with Crippen molar-refractivity contribution < 1.29 is 23.7 Å². The van der Waals surface area contributed by atoms with E-state index in [0.29, 0.717) is 36.3 Å². The Labute approximate surface area is 180 Å². The van der Waals surface area contributed by atoms with Gasteiger partial charge in [0.15, 0.2) is 17.3 Å². The fraction of sp³-hybridized carbons (Fsp3) is 0.364. The van der Waals surface area contributed by atoms with E-state index >= 15 is 0 Å². The van der Waals surface area contributed by atoms with Gasteiger partial charge >= 0.3 is 0 Å². The van der Waals surface area contributed by atoms with Gasteiger partial charge in [0.2, 0.25) is 5.91 Å². The number of nitrogens with zero attached hydrogens (tertiary/aromatic N) is 1. The summed E-state index contributed by atoms with van der Waals surface area (Å²) in [6.07, 6.45) is 2.44. The summed E-state index contributed by atoms with van der Waals surface area (Å²) in [5.41, 5.74) is 4.24. The van der Waals surface area contributed by atoms with Gasteiger partial charge in [-0.1, -0.05) is 23.7 Å². The van der Waals surface area contributed by atoms with E-state index in [1.807, 2.05) is 30.3 Å². The van der Waals surface area contributed by atoms with Crippen molar-refractivity contribution in [2.24, 2.45) is 5.10 Å². The van der Waals surface area contributed by atoms with E-state index in [-0.39, 0.29) is 12.3 Å². The predicted molar refractivity (Wildman–Crippen MR) is 114 cm³/mol. The number of hydrogen-bond donors (Lipinski definition) is 1. The Morgan fingerprint density at radius 1 is 1.20 bits per heavy atom. The zero-order valence-electron chi connectivity index (χ0n) is 17.0. The number of nitrogens with one attached hydrogen (secondary N) is 1. The molecule has 2 aromatic rings. The monoisotopic (exact) mass is 432 g/mol. The number of hydrogen-bond acceptors (Lipinski definition) is 6. The molecule has 0 atom stereocenters. The third-order valence-corrected chi connectivity index (χ3v) is 4.74. The van der Waals surface area contributed by atoms with Gasteiger partial charge < -0.3 is 18.9 Å². The summed E-state index contributed by atoms with van der Waals surface area (Å²) in [6, 6.07) is 12.8. The lowest BCUT2D eigenvalue weighted by molar-refractivity contribution is -0.256. The lowest BCUT2D eigenvalue weighted by Gasteiger charge is -2.33. The third-order valence-electron chi connectivity index (χ3n) is 4.48. The van der Waals surface area contributed by atoms with Crippen LogP contribution in [0.3, 0.4) is 0 Å². The summed E-state index contributed by atoms with van der Waals surface area (Å²) in [6.45, 7) is 3.31. The van der Waals surface area contributed by atoms with Crippen molar-refractivity contribution in [2.45, 2.75) is 32.2 Å². The zero-order chi connectivity index (χ0) is 21.4. The second-order valence-corrected chi connectivity index (χ2v) is 7.42. The van der Waals surface area contributed by atoms with E-state index in [1.165, 1.54) is 6.21 Å². The smallest absolute Gasteiger partial charge is 0.245 e. The average Bonchev–Trinajstić information content (AvgIpc) is 2.74. The van der Waals surface area contributed by atoms with Crippen molar-refractivity contribution in [2.75, 3.05) is 20.3 Å². The summed E-state index contributed by atoms with van der Waals surface area (Å²) in [7, 11) is 1.57. The highest BCUT2D eigenvalue weighted by Crippen LogP contribution is 2.28. The molecule has 1 saturated heterocycles. The van der Waals surface area contributed by atoms with Crippen LogP contribution < -0.4 is 14.9 Å². The number of halogens is 1. The molecule has 2 aromatic carbocycles. The first kappa shape index (κ1) is 22.1. The number of carbonyl (C=O) groups excluding carboxylic acids is 1. The highest BCUT2D eigenvalue weighted by Gasteiger charge is 2.31. The number of amides is 1. The summed E-state index contributed by atoms with van der Waals surface area (Å²) in [4.78, 5) is 12.1. The van der Waals surface area contributed by atoms with E-state index in [0.717, 1.165) is 17.5 Å². The minimum Gasteiger partial charge on any atom is -0.493 e. The number of methoxy groups -OCH3 is 1. The second kappa shape index (κ2) is 10.4. The quantitative estimate of drug-likeness (QED) is 0.505. The molecule has 0 spiro atoms. The van der Waals surface area contributed by atoms with Crippen LogP contribution in [0.1, 0.15) is 30.9 Å². The van der Waals surface area contributed by atoms with Crippen molar-refractivity contribution in [1.29, 1.82) is 0 Å². The molecule has 0 radical (unpaired) electrons. The van der Waals surface area contributed by atoms with E-state index in [9.17, 15) is 4.79 Å². The maximum Gasteiger partial charge on any atom is 0.245 e. The Hall–Kier alpha value is -2.61. The highest BCUT2D eigenvalue weighted by atomic mass is 35.5. The molecule has 8 heteroatoms. The summed E-state index contributed by atoms with van der Waals surface area (Å²) >= 11 is 5.90. The molecule has 1 heterocycles. The number of ether oxygens (including phenoxy) is 4. The molecular formula is C22H25ClN2O5. The summed E-state index contributed by atoms with van der Waals surface area (Å²) in [5, 5.41) is 4.68. The molecule has 30 heavy (non-hydrogen) atoms. The van der Waals surface area contributed by atoms with Crippen LogP contribution in [0.2, 0.25) is 5.02 Å². The van der Waals surface area contributed by atoms with Crippen LogP contribution in [0, 0.1) is 0 Å². The Bertz CT molecular complexity index is 880. The summed E-state index contributed by atoms with van der Waals surface area (Å²) in [5.74, 6) is -0.0149. The standard InChI is InChI=1S/C22H25ClN2O5/c1-22(29-10-3-11-30-22)13-21(26)25-24-14-17-6-9-19(20(12-17)27-2)28-15-16-4-7-18(23)8-5-16/h4-9,12,14H,3,10-11,13,15H2,1-2H3,(H,25,26)/b24-14-. The lowest BCUT2D eigenvalue weighted by Crippen LogP contribution is -2.41. The first-order valence-corrected chi connectivity index (χ1v) is 10.0. The van der Waals surface area contributed by atoms with Crippen LogP contribution >= 0.6 is 11.6 Å². The number of carbonyl (C=O) groups is 1. The molecular weight excluding hydrogens is 408 g/mol. The van der Waals surface area contributed by atoms with E-state index in [4.69, 9.17) is 30.5 Å². The van der Waals surface area contributed by atoms with Crippen LogP contribution in [-0.2, 0) is 20.9 Å². The van der Waals surface area contributed by atoms with Crippen molar-refractivity contribution in [3.8, 4) is 11.5 Å². The van der Waals surface area contributed by atoms with Gasteiger partial charge in [0, 0.05) is 5.02 Å². The molecule has 0 bridgehead atoms. The van der Waals surface area contributed by atoms with Crippen LogP contribution in [0.15, 0.2) is 47.6 Å². The third kappa shape index (κ3) is 6.45. The molecule has 0 unspecified atom stereocenters. The van der Waals surface area contributed by atoms with E-state index < -0.39 is 5.79 Å². The maximum atomic E-state index is 12.1. The Kier molecular flexibility index (Phi) is 7.68. The van der Waals surface area contributed by atoms with Crippen LogP contribution in [0.25, 0.3) is 0 Å². The van der Waals surface area contributed by atoms with Gasteiger partial charge in [-0.25, -0.2) is 5.43 Å². The number of benzene rings is 2. The van der Waals surface area contributed by atoms with Crippen molar-refractivity contribution >= 4 is 23.7 Å². The fourth-order valence-electron chi connectivity index (χ4n) is 2.91. The molecule has 7 nitrogen and oxygen atoms in total. The van der Waals surface area contributed by atoms with Gasteiger partial charge in [0.25, 0.3) is 0 Å². The Morgan fingerprint density at radius 3 is 2.63 bits per heavy atom. The topological polar surface area (TPSA) is 78.4 Å². The molecule has 0 saturated carbocycles. The van der Waals surface area contributed by atoms with Gasteiger partial charge in [0.05, 0.1) is 33.0 Å². The molecule has 1 N–H and O–H groups in total. The van der Waals surface area contributed by atoms with Gasteiger partial charge in [-0.05, 0) is 54.8 Å². The molecule has 160 valence electrons. The minimum atomic E-state index is -0.899. The summed E-state index contributed by atoms with van der Waals surface area (Å²) < 4.78 is 22.3. The van der Waals surface area contributed by atoms with Gasteiger partial charge in [-0.2, -0.15) is 5.10 Å². The largest absolute Gasteiger partial charge is 0.493 e. The molecule has 0 aliphatic carbocycles. The second-order valence-electron chi connectivity index (χ2n) is 6.98. The Balaban J connectivity index is 1.54. The molecule has 1 amide bonds. The first-order valence-electron chi connectivity index (χ1n) is 9.62. The SMILES string of the molecule is COc1cc(/C=N\NC(=O)CC2(C)OCCCO2)ccc1OCc1ccc(Cl)cc1. The molecule has 1 fully saturated rings. The molecule has 1 aliphatic heterocycles. The van der Waals surface area contributed by atoms with Crippen molar-refractivity contribution in [1.82, 2.24) is 5.43 Å². The van der Waals surface area contributed by atoms with Crippen LogP contribution in [0.5, 0.6) is 11.5 Å². The number of rotatable bonds is 8. The average molecular weight is 433 g/mol. The van der Waals surface area contributed by atoms with Gasteiger partial charge in [0.1, 0.15) is 6.61 Å². The normalized spacial score (nSPS) is 15.7. The van der Waals surface area contributed by atoms with Crippen molar-refractivity contribution in [3.05, 3.63) is 58.6 Å². The zero-order valence-corrected chi connectivity index (χ0v) is 17.8. The predicted octanol–water partition coefficient (Wildman–Crippen LogP) is 3.92. The highest BCUT2D eigenvalue weighted by molar-refractivity contribution is 6.30. The van der Waals surface area contributed by atoms with E-state index in [2.05, 4.69) is 10.5 Å². The Morgan fingerprint density at radius 2 is 1.93 bits per heavy atom. The van der Waals surface area contributed by atoms with Gasteiger partial charge in [-0.15, -0.1) is 0 Å².